The minimum absolute atomic E-state index is 0.0511. The molecule has 0 unspecified atom stereocenters. The van der Waals surface area contributed by atoms with E-state index in [-0.39, 0.29) is 6.61 Å². The highest BCUT2D eigenvalue weighted by Gasteiger charge is 1.95. The number of anilines is 1. The van der Waals surface area contributed by atoms with Gasteiger partial charge in [0.1, 0.15) is 18.2 Å². The lowest BCUT2D eigenvalue weighted by atomic mass is 10.5. The third-order valence-corrected chi connectivity index (χ3v) is 1.57. The number of ether oxygens (including phenoxy) is 1. The highest BCUT2D eigenvalue weighted by atomic mass is 16.5. The maximum Gasteiger partial charge on any atom is 0.243 e. The molecule has 1 rings (SSSR count). The number of nitrogens with zero attached hydrogens (tertiary/aromatic N) is 2. The van der Waals surface area contributed by atoms with E-state index >= 15 is 0 Å². The SMILES string of the molecule is Cc1nccc(NCCOCC(N)=O)n1. The second-order valence-corrected chi connectivity index (χ2v) is 2.93. The summed E-state index contributed by atoms with van der Waals surface area (Å²) in [5, 5.41) is 3.03. The number of primary amides is 1. The number of carbonyl (C=O) groups excluding carboxylic acids is 1. The monoisotopic (exact) mass is 210 g/mol. The molecule has 0 aromatic carbocycles. The molecule has 1 amide bonds. The van der Waals surface area contributed by atoms with Gasteiger partial charge in [-0.25, -0.2) is 9.97 Å². The first kappa shape index (κ1) is 11.4. The van der Waals surface area contributed by atoms with E-state index in [1.54, 1.807) is 12.3 Å². The Hall–Kier alpha value is -1.69. The number of amides is 1. The van der Waals surface area contributed by atoms with E-state index in [4.69, 9.17) is 10.5 Å². The summed E-state index contributed by atoms with van der Waals surface area (Å²) in [6.07, 6.45) is 1.68. The number of hydrogen-bond donors (Lipinski definition) is 2. The van der Waals surface area contributed by atoms with Crippen molar-refractivity contribution in [1.29, 1.82) is 0 Å². The van der Waals surface area contributed by atoms with Crippen molar-refractivity contribution < 1.29 is 9.53 Å². The molecule has 82 valence electrons. The van der Waals surface area contributed by atoms with Crippen molar-refractivity contribution in [3.8, 4) is 0 Å². The summed E-state index contributed by atoms with van der Waals surface area (Å²) in [6, 6.07) is 1.76. The van der Waals surface area contributed by atoms with Crippen molar-refractivity contribution in [3.63, 3.8) is 0 Å². The summed E-state index contributed by atoms with van der Waals surface area (Å²) >= 11 is 0. The van der Waals surface area contributed by atoms with Crippen LogP contribution < -0.4 is 11.1 Å². The number of aryl methyl sites for hydroxylation is 1. The third kappa shape index (κ3) is 4.92. The molecule has 1 heterocycles. The average Bonchev–Trinajstić information content (AvgIpc) is 2.17. The van der Waals surface area contributed by atoms with Crippen LogP contribution >= 0.6 is 0 Å². The van der Waals surface area contributed by atoms with Crippen LogP contribution in [0.3, 0.4) is 0 Å². The maximum absolute atomic E-state index is 10.3. The van der Waals surface area contributed by atoms with E-state index in [0.717, 1.165) is 5.82 Å². The van der Waals surface area contributed by atoms with E-state index in [9.17, 15) is 4.79 Å². The molecule has 6 heteroatoms. The first-order chi connectivity index (χ1) is 7.18. The Kier molecular flexibility index (Phi) is 4.49. The standard InChI is InChI=1S/C9H14N4O2/c1-7-11-3-2-9(13-7)12-4-5-15-6-8(10)14/h2-3H,4-6H2,1H3,(H2,10,14)(H,11,12,13). The molecule has 0 fully saturated rings. The van der Waals surface area contributed by atoms with Gasteiger partial charge in [0, 0.05) is 12.7 Å². The summed E-state index contributed by atoms with van der Waals surface area (Å²) in [5.41, 5.74) is 4.90. The number of carbonyl (C=O) groups is 1. The van der Waals surface area contributed by atoms with Gasteiger partial charge < -0.3 is 15.8 Å². The first-order valence-electron chi connectivity index (χ1n) is 4.58. The molecular formula is C9H14N4O2. The van der Waals surface area contributed by atoms with E-state index in [0.29, 0.717) is 19.0 Å². The van der Waals surface area contributed by atoms with Gasteiger partial charge in [-0.2, -0.15) is 0 Å². The zero-order valence-corrected chi connectivity index (χ0v) is 8.56. The van der Waals surface area contributed by atoms with Crippen molar-refractivity contribution in [2.75, 3.05) is 25.1 Å². The van der Waals surface area contributed by atoms with E-state index in [1.165, 1.54) is 0 Å². The Bertz CT molecular complexity index is 330. The third-order valence-electron chi connectivity index (χ3n) is 1.57. The van der Waals surface area contributed by atoms with Crippen molar-refractivity contribution in [3.05, 3.63) is 18.1 Å². The molecule has 6 nitrogen and oxygen atoms in total. The van der Waals surface area contributed by atoms with Gasteiger partial charge in [0.05, 0.1) is 6.61 Å². The van der Waals surface area contributed by atoms with Gasteiger partial charge in [-0.15, -0.1) is 0 Å². The Balaban J connectivity index is 2.17. The van der Waals surface area contributed by atoms with Gasteiger partial charge in [0.25, 0.3) is 0 Å². The fourth-order valence-corrected chi connectivity index (χ4v) is 0.979. The second kappa shape index (κ2) is 5.92. The lowest BCUT2D eigenvalue weighted by molar-refractivity contribution is -0.122. The smallest absolute Gasteiger partial charge is 0.243 e. The number of hydrogen-bond acceptors (Lipinski definition) is 5. The zero-order valence-electron chi connectivity index (χ0n) is 8.56. The molecule has 0 aliphatic carbocycles. The quantitative estimate of drug-likeness (QED) is 0.629. The van der Waals surface area contributed by atoms with Crippen molar-refractivity contribution in [1.82, 2.24) is 9.97 Å². The molecule has 0 spiro atoms. The lowest BCUT2D eigenvalue weighted by Gasteiger charge is -2.05. The average molecular weight is 210 g/mol. The van der Waals surface area contributed by atoms with Gasteiger partial charge in [0.15, 0.2) is 0 Å². The lowest BCUT2D eigenvalue weighted by Crippen LogP contribution is -2.20. The minimum Gasteiger partial charge on any atom is -0.370 e. The van der Waals surface area contributed by atoms with Crippen LogP contribution in [0, 0.1) is 6.92 Å². The van der Waals surface area contributed by atoms with Crippen LogP contribution in [0.1, 0.15) is 5.82 Å². The Morgan fingerprint density at radius 3 is 3.13 bits per heavy atom. The minimum atomic E-state index is -0.465. The molecule has 0 saturated carbocycles. The summed E-state index contributed by atoms with van der Waals surface area (Å²) in [4.78, 5) is 18.4. The number of nitrogens with two attached hydrogens (primary N) is 1. The molecular weight excluding hydrogens is 196 g/mol. The number of aromatic nitrogens is 2. The number of rotatable bonds is 6. The van der Waals surface area contributed by atoms with Crippen molar-refractivity contribution in [2.24, 2.45) is 5.73 Å². The van der Waals surface area contributed by atoms with Crippen LogP contribution in [0.25, 0.3) is 0 Å². The molecule has 1 aromatic rings. The van der Waals surface area contributed by atoms with Crippen LogP contribution in [0.2, 0.25) is 0 Å². The fourth-order valence-electron chi connectivity index (χ4n) is 0.979. The normalized spacial score (nSPS) is 9.93. The molecule has 3 N–H and O–H groups in total. The molecule has 0 radical (unpaired) electrons. The van der Waals surface area contributed by atoms with Gasteiger partial charge in [0.2, 0.25) is 5.91 Å². The molecule has 0 saturated heterocycles. The van der Waals surface area contributed by atoms with E-state index in [1.807, 2.05) is 6.92 Å². The van der Waals surface area contributed by atoms with Crippen molar-refractivity contribution >= 4 is 11.7 Å². The predicted molar refractivity (Wildman–Crippen MR) is 55.3 cm³/mol. The molecule has 15 heavy (non-hydrogen) atoms. The Morgan fingerprint density at radius 1 is 1.67 bits per heavy atom. The Morgan fingerprint density at radius 2 is 2.47 bits per heavy atom. The predicted octanol–water partition coefficient (Wildman–Crippen LogP) is -0.301. The summed E-state index contributed by atoms with van der Waals surface area (Å²) in [6.45, 7) is 2.75. The van der Waals surface area contributed by atoms with Crippen LogP contribution in [0.5, 0.6) is 0 Å². The van der Waals surface area contributed by atoms with Crippen LogP contribution in [0.15, 0.2) is 12.3 Å². The molecule has 0 aliphatic rings. The van der Waals surface area contributed by atoms with Gasteiger partial charge in [-0.3, -0.25) is 4.79 Å². The Labute approximate surface area is 87.9 Å². The van der Waals surface area contributed by atoms with Crippen molar-refractivity contribution in [2.45, 2.75) is 6.92 Å². The second-order valence-electron chi connectivity index (χ2n) is 2.93. The van der Waals surface area contributed by atoms with Gasteiger partial charge in [-0.05, 0) is 13.0 Å². The van der Waals surface area contributed by atoms with Gasteiger partial charge >= 0.3 is 0 Å². The largest absolute Gasteiger partial charge is 0.370 e. The molecule has 0 bridgehead atoms. The van der Waals surface area contributed by atoms with E-state index in [2.05, 4.69) is 15.3 Å². The summed E-state index contributed by atoms with van der Waals surface area (Å²) in [5.74, 6) is 0.983. The number of nitrogens with one attached hydrogen (secondary N) is 1. The molecule has 1 aromatic heterocycles. The topological polar surface area (TPSA) is 90.1 Å². The summed E-state index contributed by atoms with van der Waals surface area (Å²) < 4.78 is 4.97. The fraction of sp³-hybridized carbons (Fsp3) is 0.444. The van der Waals surface area contributed by atoms with Gasteiger partial charge in [-0.1, -0.05) is 0 Å². The summed E-state index contributed by atoms with van der Waals surface area (Å²) in [7, 11) is 0. The van der Waals surface area contributed by atoms with Crippen LogP contribution in [-0.2, 0) is 9.53 Å². The van der Waals surface area contributed by atoms with E-state index < -0.39 is 5.91 Å². The first-order valence-corrected chi connectivity index (χ1v) is 4.58. The molecule has 0 atom stereocenters. The highest BCUT2D eigenvalue weighted by molar-refractivity contribution is 5.74. The molecule has 0 aliphatic heterocycles. The van der Waals surface area contributed by atoms with Crippen LogP contribution in [-0.4, -0.2) is 35.6 Å². The highest BCUT2D eigenvalue weighted by Crippen LogP contribution is 1.99. The van der Waals surface area contributed by atoms with Crippen LogP contribution in [0.4, 0.5) is 5.82 Å². The maximum atomic E-state index is 10.3. The zero-order chi connectivity index (χ0) is 11.1.